The van der Waals surface area contributed by atoms with Crippen LogP contribution in [0.25, 0.3) is 0 Å². The zero-order valence-corrected chi connectivity index (χ0v) is 12.3. The molecule has 4 nitrogen and oxygen atoms in total. The van der Waals surface area contributed by atoms with Crippen LogP contribution < -0.4 is 9.46 Å². The van der Waals surface area contributed by atoms with Crippen LogP contribution in [-0.2, 0) is 16.6 Å². The van der Waals surface area contributed by atoms with Crippen LogP contribution >= 0.6 is 11.3 Å². The van der Waals surface area contributed by atoms with E-state index in [1.807, 2.05) is 24.4 Å². The van der Waals surface area contributed by atoms with Crippen molar-refractivity contribution in [3.05, 3.63) is 46.2 Å². The van der Waals surface area contributed by atoms with Gasteiger partial charge >= 0.3 is 0 Å². The van der Waals surface area contributed by atoms with Crippen LogP contribution in [-0.4, -0.2) is 15.5 Å². The van der Waals surface area contributed by atoms with E-state index in [4.69, 9.17) is 4.74 Å². The van der Waals surface area contributed by atoms with E-state index in [2.05, 4.69) is 4.72 Å². The highest BCUT2D eigenvalue weighted by Crippen LogP contribution is 2.24. The number of aryl methyl sites for hydroxylation is 1. The normalized spacial score (nSPS) is 11.5. The molecule has 1 aromatic carbocycles. The summed E-state index contributed by atoms with van der Waals surface area (Å²) in [4.78, 5) is 1.13. The van der Waals surface area contributed by atoms with Gasteiger partial charge in [-0.25, -0.2) is 13.1 Å². The summed E-state index contributed by atoms with van der Waals surface area (Å²) in [6, 6.07) is 8.80. The third-order valence-corrected chi connectivity index (χ3v) is 4.94. The van der Waals surface area contributed by atoms with Gasteiger partial charge in [-0.3, -0.25) is 0 Å². The molecule has 0 saturated carbocycles. The molecular weight excluding hydrogens is 282 g/mol. The number of hydrogen-bond donors (Lipinski definition) is 1. The molecule has 0 amide bonds. The Kier molecular flexibility index (Phi) is 4.24. The van der Waals surface area contributed by atoms with Crippen LogP contribution in [0.1, 0.15) is 10.4 Å². The number of thiophene rings is 1. The third-order valence-electron chi connectivity index (χ3n) is 2.63. The standard InChI is InChI=1S/C13H15NO3S2/c1-10-5-6-13(12(8-10)17-2)19(15,16)14-9-11-4-3-7-18-11/h3-8,14H,9H2,1-2H3. The highest BCUT2D eigenvalue weighted by atomic mass is 32.2. The summed E-state index contributed by atoms with van der Waals surface area (Å²) < 4.78 is 32.2. The lowest BCUT2D eigenvalue weighted by Gasteiger charge is -2.10. The first-order valence-electron chi connectivity index (χ1n) is 5.69. The van der Waals surface area contributed by atoms with Crippen molar-refractivity contribution in [3.8, 4) is 5.75 Å². The number of hydrogen-bond acceptors (Lipinski definition) is 4. The Morgan fingerprint density at radius 3 is 2.74 bits per heavy atom. The summed E-state index contributed by atoms with van der Waals surface area (Å²) >= 11 is 1.51. The molecule has 1 N–H and O–H groups in total. The van der Waals surface area contributed by atoms with Crippen molar-refractivity contribution in [3.63, 3.8) is 0 Å². The van der Waals surface area contributed by atoms with Gasteiger partial charge in [-0.05, 0) is 36.1 Å². The van der Waals surface area contributed by atoms with Gasteiger partial charge in [0.1, 0.15) is 10.6 Å². The quantitative estimate of drug-likeness (QED) is 0.922. The Hall–Kier alpha value is -1.37. The third kappa shape index (κ3) is 3.34. The van der Waals surface area contributed by atoms with Gasteiger partial charge in [-0.15, -0.1) is 11.3 Å². The SMILES string of the molecule is COc1cc(C)ccc1S(=O)(=O)NCc1cccs1. The van der Waals surface area contributed by atoms with Crippen molar-refractivity contribution < 1.29 is 13.2 Å². The predicted octanol–water partition coefficient (Wildman–Crippen LogP) is 2.54. The minimum atomic E-state index is -3.56. The monoisotopic (exact) mass is 297 g/mol. The van der Waals surface area contributed by atoms with Gasteiger partial charge in [0.25, 0.3) is 0 Å². The highest BCUT2D eigenvalue weighted by Gasteiger charge is 2.19. The van der Waals surface area contributed by atoms with Crippen LogP contribution in [0.15, 0.2) is 40.6 Å². The maximum absolute atomic E-state index is 12.2. The number of ether oxygens (including phenoxy) is 1. The number of benzene rings is 1. The Morgan fingerprint density at radius 1 is 1.32 bits per heavy atom. The van der Waals surface area contributed by atoms with Gasteiger partial charge in [-0.1, -0.05) is 12.1 Å². The van der Waals surface area contributed by atoms with Crippen molar-refractivity contribution in [1.82, 2.24) is 4.72 Å². The maximum atomic E-state index is 12.2. The van der Waals surface area contributed by atoms with Gasteiger partial charge < -0.3 is 4.74 Å². The van der Waals surface area contributed by atoms with E-state index in [1.165, 1.54) is 18.4 Å². The highest BCUT2D eigenvalue weighted by molar-refractivity contribution is 7.89. The Bertz CT molecular complexity index is 649. The minimum Gasteiger partial charge on any atom is -0.495 e. The van der Waals surface area contributed by atoms with E-state index in [9.17, 15) is 8.42 Å². The fourth-order valence-corrected chi connectivity index (χ4v) is 3.55. The van der Waals surface area contributed by atoms with Gasteiger partial charge in [-0.2, -0.15) is 0 Å². The number of sulfonamides is 1. The van der Waals surface area contributed by atoms with Gasteiger partial charge in [0.05, 0.1) is 7.11 Å². The van der Waals surface area contributed by atoms with E-state index in [-0.39, 0.29) is 11.4 Å². The van der Waals surface area contributed by atoms with Gasteiger partial charge in [0.15, 0.2) is 0 Å². The molecule has 1 aromatic heterocycles. The smallest absolute Gasteiger partial charge is 0.244 e. The molecule has 6 heteroatoms. The topological polar surface area (TPSA) is 55.4 Å². The second-order valence-electron chi connectivity index (χ2n) is 4.06. The average Bonchev–Trinajstić information content (AvgIpc) is 2.89. The molecule has 19 heavy (non-hydrogen) atoms. The largest absolute Gasteiger partial charge is 0.495 e. The van der Waals surface area contributed by atoms with Crippen molar-refractivity contribution >= 4 is 21.4 Å². The first-order chi connectivity index (χ1) is 9.03. The van der Waals surface area contributed by atoms with Crippen molar-refractivity contribution in [2.75, 3.05) is 7.11 Å². The molecule has 0 spiro atoms. The van der Waals surface area contributed by atoms with E-state index in [0.29, 0.717) is 5.75 Å². The van der Waals surface area contributed by atoms with Crippen molar-refractivity contribution in [1.29, 1.82) is 0 Å². The van der Waals surface area contributed by atoms with Gasteiger partial charge in [0, 0.05) is 11.4 Å². The summed E-state index contributed by atoms with van der Waals surface area (Å²) in [5, 5.41) is 1.91. The minimum absolute atomic E-state index is 0.164. The molecule has 0 atom stereocenters. The Balaban J connectivity index is 2.24. The van der Waals surface area contributed by atoms with Crippen LogP contribution in [0.4, 0.5) is 0 Å². The second kappa shape index (κ2) is 5.73. The molecule has 0 saturated heterocycles. The molecule has 0 unspecified atom stereocenters. The first-order valence-corrected chi connectivity index (χ1v) is 8.06. The molecule has 2 aromatic rings. The van der Waals surface area contributed by atoms with E-state index in [0.717, 1.165) is 10.4 Å². The average molecular weight is 297 g/mol. The Morgan fingerprint density at radius 2 is 2.11 bits per heavy atom. The van der Waals surface area contributed by atoms with E-state index in [1.54, 1.807) is 18.2 Å². The van der Waals surface area contributed by atoms with Crippen LogP contribution in [0.2, 0.25) is 0 Å². The lowest BCUT2D eigenvalue weighted by molar-refractivity contribution is 0.402. The zero-order valence-electron chi connectivity index (χ0n) is 10.7. The molecule has 1 heterocycles. The molecule has 0 bridgehead atoms. The molecule has 0 fully saturated rings. The number of rotatable bonds is 5. The molecule has 2 rings (SSSR count). The van der Waals surface area contributed by atoms with Crippen LogP contribution in [0.5, 0.6) is 5.75 Å². The van der Waals surface area contributed by atoms with E-state index >= 15 is 0 Å². The zero-order chi connectivity index (χ0) is 13.9. The number of nitrogens with one attached hydrogen (secondary N) is 1. The summed E-state index contributed by atoms with van der Waals surface area (Å²) in [5.41, 5.74) is 0.953. The lowest BCUT2D eigenvalue weighted by atomic mass is 10.2. The van der Waals surface area contributed by atoms with E-state index < -0.39 is 10.0 Å². The van der Waals surface area contributed by atoms with Crippen LogP contribution in [0.3, 0.4) is 0 Å². The van der Waals surface area contributed by atoms with Crippen molar-refractivity contribution in [2.45, 2.75) is 18.4 Å². The summed E-state index contributed by atoms with van der Waals surface area (Å²) in [5.74, 6) is 0.360. The van der Waals surface area contributed by atoms with Crippen LogP contribution in [0, 0.1) is 6.92 Å². The lowest BCUT2D eigenvalue weighted by Crippen LogP contribution is -2.23. The second-order valence-corrected chi connectivity index (χ2v) is 6.83. The molecule has 0 aliphatic heterocycles. The summed E-state index contributed by atoms with van der Waals surface area (Å²) in [6.45, 7) is 2.18. The molecule has 0 aliphatic rings. The first kappa shape index (κ1) is 14.0. The fourth-order valence-electron chi connectivity index (χ4n) is 1.65. The van der Waals surface area contributed by atoms with Crippen molar-refractivity contribution in [2.24, 2.45) is 0 Å². The molecule has 102 valence electrons. The summed E-state index contributed by atoms with van der Waals surface area (Å²) in [6.07, 6.45) is 0. The Labute approximate surface area is 117 Å². The fraction of sp³-hybridized carbons (Fsp3) is 0.231. The molecular formula is C13H15NO3S2. The summed E-state index contributed by atoms with van der Waals surface area (Å²) in [7, 11) is -2.10. The number of methoxy groups -OCH3 is 1. The molecule has 0 radical (unpaired) electrons. The van der Waals surface area contributed by atoms with Gasteiger partial charge in [0.2, 0.25) is 10.0 Å². The molecule has 0 aliphatic carbocycles. The maximum Gasteiger partial charge on any atom is 0.244 e. The predicted molar refractivity (Wildman–Crippen MR) is 76.1 cm³/mol.